The molecule has 1 aliphatic heterocycles. The monoisotopic (exact) mass is 223 g/mol. The van der Waals surface area contributed by atoms with Gasteiger partial charge >= 0.3 is 0 Å². The highest BCUT2D eigenvalue weighted by Gasteiger charge is 2.31. The highest BCUT2D eigenvalue weighted by molar-refractivity contribution is 5.96. The zero-order valence-electron chi connectivity index (χ0n) is 10.1. The molecular weight excluding hydrogens is 208 g/mol. The molecule has 2 aromatic heterocycles. The summed E-state index contributed by atoms with van der Waals surface area (Å²) in [7, 11) is 0. The van der Waals surface area contributed by atoms with Crippen molar-refractivity contribution in [3.05, 3.63) is 48.4 Å². The lowest BCUT2D eigenvalue weighted by atomic mass is 9.88. The maximum atomic E-state index is 2.40. The number of imidazole rings is 1. The molecule has 0 amide bonds. The summed E-state index contributed by atoms with van der Waals surface area (Å²) in [5.41, 5.74) is 2.82. The van der Waals surface area contributed by atoms with Crippen LogP contribution in [0.3, 0.4) is 0 Å². The molecule has 1 aromatic carbocycles. The van der Waals surface area contributed by atoms with Gasteiger partial charge in [0.15, 0.2) is 0 Å². The summed E-state index contributed by atoms with van der Waals surface area (Å²) in [6, 6.07) is 9.40. The molecule has 0 radical (unpaired) electrons. The lowest BCUT2D eigenvalue weighted by Gasteiger charge is -2.24. The van der Waals surface area contributed by atoms with Gasteiger partial charge in [-0.25, -0.2) is 8.97 Å². The van der Waals surface area contributed by atoms with Crippen LogP contribution in [0.5, 0.6) is 0 Å². The largest absolute Gasteiger partial charge is 0.294 e. The molecule has 3 heterocycles. The summed E-state index contributed by atoms with van der Waals surface area (Å²) in [4.78, 5) is 0. The van der Waals surface area contributed by atoms with E-state index in [-0.39, 0.29) is 0 Å². The molecule has 0 aliphatic carbocycles. The molecule has 4 rings (SSSR count). The average molecular weight is 223 g/mol. The van der Waals surface area contributed by atoms with E-state index in [0.717, 1.165) is 0 Å². The van der Waals surface area contributed by atoms with Crippen LogP contribution in [-0.2, 0) is 0 Å². The quantitative estimate of drug-likeness (QED) is 0.518. The van der Waals surface area contributed by atoms with Gasteiger partial charge in [-0.15, -0.1) is 0 Å². The van der Waals surface area contributed by atoms with E-state index in [1.807, 2.05) is 0 Å². The number of nitrogens with zero attached hydrogens (tertiary/aromatic N) is 2. The second-order valence-corrected chi connectivity index (χ2v) is 5.09. The minimum Gasteiger partial charge on any atom is -0.227 e. The fourth-order valence-corrected chi connectivity index (χ4v) is 3.15. The molecular formula is C15H15N2+. The SMILES string of the molecule is CC1c2cccc3ccn4cc[n+](c4c23)C1C. The first-order valence-corrected chi connectivity index (χ1v) is 6.21. The molecule has 2 unspecified atom stereocenters. The third kappa shape index (κ3) is 0.985. The molecule has 0 spiro atoms. The van der Waals surface area contributed by atoms with Gasteiger partial charge < -0.3 is 0 Å². The van der Waals surface area contributed by atoms with Crippen molar-refractivity contribution in [1.82, 2.24) is 4.40 Å². The topological polar surface area (TPSA) is 8.29 Å². The number of pyridine rings is 1. The Morgan fingerprint density at radius 1 is 1.12 bits per heavy atom. The van der Waals surface area contributed by atoms with E-state index in [4.69, 9.17) is 0 Å². The van der Waals surface area contributed by atoms with Crippen molar-refractivity contribution in [1.29, 1.82) is 0 Å². The first-order valence-electron chi connectivity index (χ1n) is 6.21. The van der Waals surface area contributed by atoms with Gasteiger partial charge in [0.1, 0.15) is 18.4 Å². The highest BCUT2D eigenvalue weighted by Crippen LogP contribution is 2.36. The van der Waals surface area contributed by atoms with Crippen molar-refractivity contribution >= 4 is 16.4 Å². The Balaban J connectivity index is 2.36. The van der Waals surface area contributed by atoms with Gasteiger partial charge in [-0.1, -0.05) is 25.1 Å². The number of hydrogen-bond acceptors (Lipinski definition) is 0. The fourth-order valence-electron chi connectivity index (χ4n) is 3.15. The summed E-state index contributed by atoms with van der Waals surface area (Å²) in [6.45, 7) is 4.63. The second-order valence-electron chi connectivity index (χ2n) is 5.09. The van der Waals surface area contributed by atoms with Gasteiger partial charge in [0, 0.05) is 5.92 Å². The van der Waals surface area contributed by atoms with Crippen LogP contribution in [0.2, 0.25) is 0 Å². The van der Waals surface area contributed by atoms with Crippen molar-refractivity contribution in [2.24, 2.45) is 0 Å². The molecule has 0 fully saturated rings. The molecule has 0 N–H and O–H groups in total. The predicted octanol–water partition coefficient (Wildman–Crippen LogP) is 3.06. The summed E-state index contributed by atoms with van der Waals surface area (Å²) >= 11 is 0. The Bertz CT molecular complexity index is 739. The van der Waals surface area contributed by atoms with Crippen LogP contribution in [-0.4, -0.2) is 4.40 Å². The van der Waals surface area contributed by atoms with Gasteiger partial charge in [0.05, 0.1) is 11.6 Å². The van der Waals surface area contributed by atoms with E-state index in [2.05, 4.69) is 65.7 Å². The van der Waals surface area contributed by atoms with Crippen LogP contribution in [0.15, 0.2) is 42.9 Å². The first-order chi connectivity index (χ1) is 8.27. The number of rotatable bonds is 0. The summed E-state index contributed by atoms with van der Waals surface area (Å²) in [5.74, 6) is 0.574. The number of hydrogen-bond donors (Lipinski definition) is 0. The summed E-state index contributed by atoms with van der Waals surface area (Å²) < 4.78 is 4.63. The van der Waals surface area contributed by atoms with E-state index < -0.39 is 0 Å². The molecule has 2 nitrogen and oxygen atoms in total. The van der Waals surface area contributed by atoms with E-state index in [0.29, 0.717) is 12.0 Å². The van der Waals surface area contributed by atoms with E-state index in [1.54, 1.807) is 0 Å². The second kappa shape index (κ2) is 2.89. The van der Waals surface area contributed by atoms with Gasteiger partial charge in [0.2, 0.25) is 0 Å². The van der Waals surface area contributed by atoms with Crippen molar-refractivity contribution in [2.45, 2.75) is 25.8 Å². The van der Waals surface area contributed by atoms with E-state index >= 15 is 0 Å². The highest BCUT2D eigenvalue weighted by atomic mass is 15.1. The summed E-state index contributed by atoms with van der Waals surface area (Å²) in [6.07, 6.45) is 6.51. The van der Waals surface area contributed by atoms with Gasteiger partial charge in [-0.05, 0) is 23.9 Å². The average Bonchev–Trinajstić information content (AvgIpc) is 2.79. The van der Waals surface area contributed by atoms with E-state index in [1.165, 1.54) is 22.0 Å². The van der Waals surface area contributed by atoms with Crippen LogP contribution in [0.1, 0.15) is 31.4 Å². The third-order valence-electron chi connectivity index (χ3n) is 4.30. The van der Waals surface area contributed by atoms with Crippen molar-refractivity contribution < 1.29 is 4.57 Å². The summed E-state index contributed by atoms with van der Waals surface area (Å²) in [5, 5.41) is 2.77. The lowest BCUT2D eigenvalue weighted by Crippen LogP contribution is -2.42. The Hall–Kier alpha value is -1.83. The fraction of sp³-hybridized carbons (Fsp3) is 0.267. The van der Waals surface area contributed by atoms with Crippen molar-refractivity contribution in [3.63, 3.8) is 0 Å². The predicted molar refractivity (Wildman–Crippen MR) is 68.2 cm³/mol. The Morgan fingerprint density at radius 3 is 2.88 bits per heavy atom. The maximum Gasteiger partial charge on any atom is 0.294 e. The molecule has 84 valence electrons. The minimum absolute atomic E-state index is 0.528. The van der Waals surface area contributed by atoms with Gasteiger partial charge in [-0.2, -0.15) is 0 Å². The zero-order chi connectivity index (χ0) is 11.6. The third-order valence-corrected chi connectivity index (χ3v) is 4.30. The van der Waals surface area contributed by atoms with Gasteiger partial charge in [0.25, 0.3) is 5.65 Å². The molecule has 0 saturated heterocycles. The molecule has 3 aromatic rings. The van der Waals surface area contributed by atoms with Crippen LogP contribution in [0.4, 0.5) is 0 Å². The molecule has 1 aliphatic rings. The van der Waals surface area contributed by atoms with Gasteiger partial charge in [-0.3, -0.25) is 0 Å². The Kier molecular flexibility index (Phi) is 1.57. The Labute approximate surface area is 100 Å². The van der Waals surface area contributed by atoms with Crippen molar-refractivity contribution in [3.8, 4) is 0 Å². The normalized spacial score (nSPS) is 22.7. The first kappa shape index (κ1) is 9.23. The molecule has 2 atom stereocenters. The zero-order valence-corrected chi connectivity index (χ0v) is 10.1. The smallest absolute Gasteiger partial charge is 0.227 e. The maximum absolute atomic E-state index is 2.40. The minimum atomic E-state index is 0.528. The lowest BCUT2D eigenvalue weighted by molar-refractivity contribution is -0.698. The van der Waals surface area contributed by atoms with Crippen molar-refractivity contribution in [2.75, 3.05) is 0 Å². The van der Waals surface area contributed by atoms with Crippen LogP contribution in [0, 0.1) is 0 Å². The van der Waals surface area contributed by atoms with Crippen LogP contribution >= 0.6 is 0 Å². The standard InChI is InChI=1S/C15H15N2/c1-10-11(2)17-9-8-16-7-6-12-4-3-5-13(10)14(12)15(16)17/h3-11H,1-2H3/q+1. The van der Waals surface area contributed by atoms with E-state index in [9.17, 15) is 0 Å². The van der Waals surface area contributed by atoms with Crippen LogP contribution in [0.25, 0.3) is 16.4 Å². The molecule has 17 heavy (non-hydrogen) atoms. The molecule has 0 bridgehead atoms. The Morgan fingerprint density at radius 2 is 2.00 bits per heavy atom. The van der Waals surface area contributed by atoms with Crippen LogP contribution < -0.4 is 4.57 Å². The number of benzene rings is 1. The molecule has 2 heteroatoms. The number of aromatic nitrogens is 2. The molecule has 0 saturated carbocycles.